The molecule has 0 amide bonds. The monoisotopic (exact) mass is 518 g/mol. The first-order valence-electron chi connectivity index (χ1n) is 12.1. The van der Waals surface area contributed by atoms with Gasteiger partial charge in [0.15, 0.2) is 14.6 Å². The van der Waals surface area contributed by atoms with Crippen molar-refractivity contribution in [3.8, 4) is 0 Å². The third kappa shape index (κ3) is 10.6. The Bertz CT molecular complexity index is 529. The van der Waals surface area contributed by atoms with Gasteiger partial charge in [-0.3, -0.25) is 0 Å². The van der Waals surface area contributed by atoms with Crippen LogP contribution in [0.2, 0.25) is 36.3 Å². The molecule has 6 nitrogen and oxygen atoms in total. The second kappa shape index (κ2) is 13.9. The fourth-order valence-electron chi connectivity index (χ4n) is 3.99. The first-order valence-corrected chi connectivity index (χ1v) is 18.6. The van der Waals surface area contributed by atoms with Gasteiger partial charge in [0.1, 0.15) is 6.61 Å². The molecule has 0 saturated carbocycles. The van der Waals surface area contributed by atoms with Crippen LogP contribution in [0.1, 0.15) is 46.5 Å². The minimum atomic E-state index is -4.16. The van der Waals surface area contributed by atoms with Gasteiger partial charge in [0.2, 0.25) is 0 Å². The van der Waals surface area contributed by atoms with E-state index in [1.165, 1.54) is 0 Å². The SMILES string of the molecule is CC[SiH]1O[Si](CC)(CCCOCCC(F)(F)F)CCCCO[Si](CC)(CCOC2CO2)O1. The summed E-state index contributed by atoms with van der Waals surface area (Å²) in [7, 11) is -6.38. The van der Waals surface area contributed by atoms with Crippen LogP contribution in [0.15, 0.2) is 0 Å². The highest BCUT2D eigenvalue weighted by molar-refractivity contribution is 6.82. The maximum atomic E-state index is 12.3. The quantitative estimate of drug-likeness (QED) is 0.189. The smallest absolute Gasteiger partial charge is 0.391 e. The predicted molar refractivity (Wildman–Crippen MR) is 124 cm³/mol. The molecule has 0 radical (unpaired) electrons. The van der Waals surface area contributed by atoms with Crippen LogP contribution in [0.25, 0.3) is 0 Å². The zero-order chi connectivity index (χ0) is 23.5. The van der Waals surface area contributed by atoms with Gasteiger partial charge in [-0.15, -0.1) is 0 Å². The molecule has 2 saturated heterocycles. The van der Waals surface area contributed by atoms with E-state index >= 15 is 0 Å². The number of alkyl halides is 3. The van der Waals surface area contributed by atoms with Crippen LogP contribution < -0.4 is 0 Å². The third-order valence-corrected chi connectivity index (χ3v) is 19.3. The van der Waals surface area contributed by atoms with Crippen molar-refractivity contribution >= 4 is 26.2 Å². The van der Waals surface area contributed by atoms with Crippen molar-refractivity contribution in [3.63, 3.8) is 0 Å². The van der Waals surface area contributed by atoms with E-state index in [-0.39, 0.29) is 12.9 Å². The van der Waals surface area contributed by atoms with Crippen molar-refractivity contribution < 1.29 is 40.0 Å². The van der Waals surface area contributed by atoms with Crippen molar-refractivity contribution in [1.29, 1.82) is 0 Å². The Morgan fingerprint density at radius 3 is 2.41 bits per heavy atom. The van der Waals surface area contributed by atoms with Crippen LogP contribution in [0, 0.1) is 0 Å². The lowest BCUT2D eigenvalue weighted by molar-refractivity contribution is -0.145. The summed E-state index contributed by atoms with van der Waals surface area (Å²) in [4.78, 5) is 0. The van der Waals surface area contributed by atoms with Crippen molar-refractivity contribution in [2.24, 2.45) is 0 Å². The molecule has 0 N–H and O–H groups in total. The Morgan fingerprint density at radius 2 is 1.78 bits per heavy atom. The lowest BCUT2D eigenvalue weighted by Crippen LogP contribution is -2.53. The number of epoxide rings is 1. The summed E-state index contributed by atoms with van der Waals surface area (Å²) in [5.41, 5.74) is 0. The van der Waals surface area contributed by atoms with Crippen molar-refractivity contribution in [2.75, 3.05) is 33.0 Å². The van der Waals surface area contributed by atoms with E-state index in [0.717, 1.165) is 55.5 Å². The van der Waals surface area contributed by atoms with E-state index in [2.05, 4.69) is 20.8 Å². The molecule has 0 spiro atoms. The second-order valence-electron chi connectivity index (χ2n) is 8.64. The van der Waals surface area contributed by atoms with Crippen molar-refractivity contribution in [3.05, 3.63) is 0 Å². The molecule has 0 aromatic heterocycles. The van der Waals surface area contributed by atoms with Crippen molar-refractivity contribution in [1.82, 2.24) is 0 Å². The van der Waals surface area contributed by atoms with Gasteiger partial charge in [-0.1, -0.05) is 27.2 Å². The van der Waals surface area contributed by atoms with Gasteiger partial charge in [-0.2, -0.15) is 13.2 Å². The van der Waals surface area contributed by atoms with Gasteiger partial charge in [0.25, 0.3) is 0 Å². The highest BCUT2D eigenvalue weighted by atomic mass is 28.5. The fourth-order valence-corrected chi connectivity index (χ4v) is 17.4. The summed E-state index contributed by atoms with van der Waals surface area (Å²) in [5, 5.41) is 0. The molecule has 12 heteroatoms. The largest absolute Gasteiger partial charge is 0.438 e. The second-order valence-corrected chi connectivity index (χ2v) is 19.6. The highest BCUT2D eigenvalue weighted by Crippen LogP contribution is 2.32. The van der Waals surface area contributed by atoms with Crippen LogP contribution in [-0.4, -0.2) is 71.7 Å². The van der Waals surface area contributed by atoms with E-state index in [1.54, 1.807) is 0 Å². The van der Waals surface area contributed by atoms with Gasteiger partial charge >= 0.3 is 24.0 Å². The molecular formula is C20H41F3O6Si3. The number of rotatable bonds is 13. The standard InChI is InChI=1S/C20H41F3O6Si3/c1-4-30-28-31(5-2,16-9-11-24-13-10-20(21,22)23)15-8-7-12-27-32(6-3,29-30)17-14-25-19-18-26-19/h19,30H,4-18H2,1-3H3. The first-order chi connectivity index (χ1) is 15.3. The van der Waals surface area contributed by atoms with E-state index in [1.807, 2.05) is 0 Å². The Hall–Kier alpha value is 0.201. The van der Waals surface area contributed by atoms with E-state index in [0.29, 0.717) is 26.4 Å². The van der Waals surface area contributed by atoms with E-state index in [4.69, 9.17) is 26.9 Å². The average molecular weight is 519 g/mol. The van der Waals surface area contributed by atoms with E-state index < -0.39 is 38.8 Å². The molecule has 2 fully saturated rings. The first kappa shape index (κ1) is 28.4. The summed E-state index contributed by atoms with van der Waals surface area (Å²) in [6.07, 6.45) is -2.34. The fraction of sp³-hybridized carbons (Fsp3) is 1.00. The van der Waals surface area contributed by atoms with Crippen LogP contribution in [-0.2, 0) is 26.9 Å². The van der Waals surface area contributed by atoms with Gasteiger partial charge in [0.05, 0.1) is 19.6 Å². The molecule has 32 heavy (non-hydrogen) atoms. The van der Waals surface area contributed by atoms with Crippen LogP contribution in [0.5, 0.6) is 0 Å². The van der Waals surface area contributed by atoms with Gasteiger partial charge in [-0.05, 0) is 43.1 Å². The Labute approximate surface area is 194 Å². The summed E-state index contributed by atoms with van der Waals surface area (Å²) < 4.78 is 73.0. The Kier molecular flexibility index (Phi) is 12.4. The summed E-state index contributed by atoms with van der Waals surface area (Å²) >= 11 is 0. The van der Waals surface area contributed by atoms with Crippen LogP contribution in [0.3, 0.4) is 0 Å². The molecule has 2 aliphatic heterocycles. The van der Waals surface area contributed by atoms with Crippen molar-refractivity contribution in [2.45, 2.75) is 95.2 Å². The molecule has 0 aliphatic carbocycles. The number of halogens is 3. The molecule has 2 rings (SSSR count). The number of hydrogen-bond acceptors (Lipinski definition) is 6. The van der Waals surface area contributed by atoms with Crippen LogP contribution in [0.4, 0.5) is 13.2 Å². The molecule has 0 bridgehead atoms. The van der Waals surface area contributed by atoms with Gasteiger partial charge in [-0.25, -0.2) is 0 Å². The normalized spacial score (nSPS) is 32.1. The molecule has 2 heterocycles. The lowest BCUT2D eigenvalue weighted by Gasteiger charge is -2.40. The topological polar surface area (TPSA) is 58.7 Å². The molecule has 2 aliphatic rings. The predicted octanol–water partition coefficient (Wildman–Crippen LogP) is 5.23. The summed E-state index contributed by atoms with van der Waals surface area (Å²) in [6, 6.07) is 5.47. The van der Waals surface area contributed by atoms with Crippen LogP contribution >= 0.6 is 0 Å². The summed E-state index contributed by atoms with van der Waals surface area (Å²) in [6.45, 7) is 8.50. The molecule has 4 atom stereocenters. The summed E-state index contributed by atoms with van der Waals surface area (Å²) in [5.74, 6) is 0. The number of hydrogen-bond donors (Lipinski definition) is 0. The van der Waals surface area contributed by atoms with Gasteiger partial charge < -0.3 is 26.9 Å². The Morgan fingerprint density at radius 1 is 1.00 bits per heavy atom. The maximum absolute atomic E-state index is 12.3. The van der Waals surface area contributed by atoms with E-state index in [9.17, 15) is 13.2 Å². The Balaban J connectivity index is 1.93. The maximum Gasteiger partial charge on any atom is 0.391 e. The molecular weight excluding hydrogens is 477 g/mol. The molecule has 0 aromatic carbocycles. The highest BCUT2D eigenvalue weighted by Gasteiger charge is 2.43. The minimum Gasteiger partial charge on any atom is -0.438 e. The number of ether oxygens (including phenoxy) is 3. The third-order valence-electron chi connectivity index (χ3n) is 6.18. The van der Waals surface area contributed by atoms with Gasteiger partial charge in [0, 0.05) is 19.3 Å². The molecule has 4 unspecified atom stereocenters. The zero-order valence-corrected chi connectivity index (χ0v) is 23.0. The average Bonchev–Trinajstić information content (AvgIpc) is 3.58. The minimum absolute atomic E-state index is 0.0635. The lowest BCUT2D eigenvalue weighted by atomic mass is 10.4. The molecule has 0 aromatic rings. The molecule has 190 valence electrons. The zero-order valence-electron chi connectivity index (χ0n) is 19.8.